The second-order valence-electron chi connectivity index (χ2n) is 14.9. The van der Waals surface area contributed by atoms with Crippen LogP contribution in [0.2, 0.25) is 0 Å². The molecule has 280 valence electrons. The minimum atomic E-state index is -1.13. The van der Waals surface area contributed by atoms with Gasteiger partial charge in [0.25, 0.3) is 11.8 Å². The molecule has 2 aromatic heterocycles. The lowest BCUT2D eigenvalue weighted by Gasteiger charge is -2.26. The fraction of sp³-hybridized carbons (Fsp3) is 0.182. The Bertz CT molecular complexity index is 2400. The largest absolute Gasteiger partial charge is 0.478 e. The van der Waals surface area contributed by atoms with Crippen LogP contribution in [-0.4, -0.2) is 34.0 Å². The summed E-state index contributed by atoms with van der Waals surface area (Å²) in [5.74, 6) is -3.05. The van der Waals surface area contributed by atoms with E-state index in [0.717, 1.165) is 32.3 Å². The number of nitrogens with one attached hydrogen (secondary N) is 2. The molecule has 55 heavy (non-hydrogen) atoms. The number of halogens is 1. The monoisotopic (exact) mass is 834 g/mol. The summed E-state index contributed by atoms with van der Waals surface area (Å²) >= 11 is 5.74. The summed E-state index contributed by atoms with van der Waals surface area (Å²) in [6.45, 7) is 10.5. The van der Waals surface area contributed by atoms with E-state index in [4.69, 9.17) is 0 Å². The zero-order valence-corrected chi connectivity index (χ0v) is 34.0. The van der Waals surface area contributed by atoms with Gasteiger partial charge in [0, 0.05) is 37.5 Å². The number of hydrogen-bond donors (Lipinski definition) is 4. The molecule has 0 aliphatic heterocycles. The SMILES string of the molecule is CC(C)(C)c1ccc(C(=O)Nc2scc(-c3cccc(CC(C)(C)c4ccc(C(=O)Nc5scc(-c6ccc(Br)cc6)c5C(=O)O)cc4)c3)c2C(=O)O)cc1. The fourth-order valence-corrected chi connectivity index (χ4v) is 8.56. The standard InChI is InChI=1S/C44H39BrN2O6S2/c1-43(2,3)30-15-9-27(10-16-30)37(48)47-40-36(42(52)53)34(24-55-40)29-8-6-7-25(21-29)22-44(4,5)31-17-11-28(12-18-31)38(49)46-39-35(41(50)51)33(23-54-39)26-13-19-32(45)20-14-26/h6-21,23-24H,22H2,1-5H3,(H,46,49)(H,47,48)(H,50,51)(H,52,53). The first kappa shape index (κ1) is 39.3. The molecule has 0 radical (unpaired) electrons. The Morgan fingerprint density at radius 3 is 1.56 bits per heavy atom. The van der Waals surface area contributed by atoms with Crippen molar-refractivity contribution < 1.29 is 29.4 Å². The van der Waals surface area contributed by atoms with Gasteiger partial charge in [-0.05, 0) is 81.5 Å². The number of carboxylic acids is 2. The lowest BCUT2D eigenvalue weighted by molar-refractivity contribution is 0.0688. The average Bonchev–Trinajstić information content (AvgIpc) is 3.76. The van der Waals surface area contributed by atoms with Crippen LogP contribution < -0.4 is 10.6 Å². The number of anilines is 2. The third-order valence-corrected chi connectivity index (χ3v) is 11.8. The van der Waals surface area contributed by atoms with Gasteiger partial charge < -0.3 is 20.8 Å². The summed E-state index contributed by atoms with van der Waals surface area (Å²) in [5, 5.41) is 29.9. The second-order valence-corrected chi connectivity index (χ2v) is 17.6. The van der Waals surface area contributed by atoms with Crippen LogP contribution >= 0.6 is 38.6 Å². The van der Waals surface area contributed by atoms with Gasteiger partial charge in [0.2, 0.25) is 0 Å². The van der Waals surface area contributed by atoms with Gasteiger partial charge in [0.1, 0.15) is 21.1 Å². The normalized spacial score (nSPS) is 11.6. The van der Waals surface area contributed by atoms with E-state index in [2.05, 4.69) is 61.2 Å². The van der Waals surface area contributed by atoms with Gasteiger partial charge in [-0.25, -0.2) is 9.59 Å². The minimum absolute atomic E-state index is 0.0393. The van der Waals surface area contributed by atoms with E-state index in [-0.39, 0.29) is 37.9 Å². The molecule has 2 amide bonds. The molecular formula is C44H39BrN2O6S2. The lowest BCUT2D eigenvalue weighted by Crippen LogP contribution is -2.21. The molecule has 2 heterocycles. The van der Waals surface area contributed by atoms with Gasteiger partial charge in [0.05, 0.1) is 0 Å². The summed E-state index contributed by atoms with van der Waals surface area (Å²) in [5.41, 5.74) is 6.05. The predicted molar refractivity (Wildman–Crippen MR) is 225 cm³/mol. The van der Waals surface area contributed by atoms with Crippen molar-refractivity contribution >= 4 is 72.4 Å². The summed E-state index contributed by atoms with van der Waals surface area (Å²) < 4.78 is 0.876. The number of benzene rings is 4. The number of rotatable bonds is 11. The van der Waals surface area contributed by atoms with E-state index in [1.807, 2.05) is 72.8 Å². The number of carbonyl (C=O) groups excluding carboxylic acids is 2. The summed E-state index contributed by atoms with van der Waals surface area (Å²) in [6.07, 6.45) is 0.614. The van der Waals surface area contributed by atoms with Gasteiger partial charge in [-0.3, -0.25) is 9.59 Å². The number of thiophene rings is 2. The van der Waals surface area contributed by atoms with Gasteiger partial charge in [-0.2, -0.15) is 0 Å². The molecule has 11 heteroatoms. The molecule has 0 bridgehead atoms. The average molecular weight is 836 g/mol. The zero-order chi connectivity index (χ0) is 39.7. The van der Waals surface area contributed by atoms with E-state index in [0.29, 0.717) is 28.7 Å². The molecule has 0 atom stereocenters. The highest BCUT2D eigenvalue weighted by Gasteiger charge is 2.26. The molecule has 0 saturated carbocycles. The number of carboxylic acid groups (broad SMARTS) is 2. The number of amides is 2. The molecule has 0 saturated heterocycles. The zero-order valence-electron chi connectivity index (χ0n) is 30.8. The first-order valence-corrected chi connectivity index (χ1v) is 20.0. The quantitative estimate of drug-likeness (QED) is 0.103. The predicted octanol–water partition coefficient (Wildman–Crippen LogP) is 11.6. The highest BCUT2D eigenvalue weighted by atomic mass is 79.9. The molecule has 6 rings (SSSR count). The van der Waals surface area contributed by atoms with Crippen LogP contribution in [0.5, 0.6) is 0 Å². The fourth-order valence-electron chi connectivity index (χ4n) is 6.38. The first-order chi connectivity index (χ1) is 26.0. The molecular weight excluding hydrogens is 797 g/mol. The molecule has 0 spiro atoms. The smallest absolute Gasteiger partial charge is 0.339 e. The Balaban J connectivity index is 1.16. The van der Waals surface area contributed by atoms with Crippen molar-refractivity contribution in [2.45, 2.75) is 51.9 Å². The van der Waals surface area contributed by atoms with Crippen molar-refractivity contribution in [3.8, 4) is 22.3 Å². The number of aromatic carboxylic acids is 2. The Labute approximate surface area is 336 Å². The van der Waals surface area contributed by atoms with Crippen LogP contribution in [0.15, 0.2) is 112 Å². The highest BCUT2D eigenvalue weighted by molar-refractivity contribution is 9.10. The topological polar surface area (TPSA) is 133 Å². The maximum Gasteiger partial charge on any atom is 0.339 e. The van der Waals surface area contributed by atoms with Crippen LogP contribution in [0.3, 0.4) is 0 Å². The Morgan fingerprint density at radius 1 is 0.618 bits per heavy atom. The first-order valence-electron chi connectivity index (χ1n) is 17.4. The van der Waals surface area contributed by atoms with Crippen molar-refractivity contribution in [3.05, 3.63) is 151 Å². The molecule has 0 aliphatic rings. The van der Waals surface area contributed by atoms with E-state index in [1.165, 1.54) is 22.7 Å². The van der Waals surface area contributed by atoms with Crippen molar-refractivity contribution in [1.29, 1.82) is 0 Å². The number of hydrogen-bond acceptors (Lipinski definition) is 6. The van der Waals surface area contributed by atoms with E-state index in [1.54, 1.807) is 35.0 Å². The van der Waals surface area contributed by atoms with Crippen LogP contribution in [-0.2, 0) is 17.3 Å². The van der Waals surface area contributed by atoms with Gasteiger partial charge in [0.15, 0.2) is 0 Å². The lowest BCUT2D eigenvalue weighted by atomic mass is 9.78. The molecule has 0 fully saturated rings. The number of carbonyl (C=O) groups is 4. The van der Waals surface area contributed by atoms with Crippen LogP contribution in [0.25, 0.3) is 22.3 Å². The Kier molecular flexibility index (Phi) is 11.3. The van der Waals surface area contributed by atoms with Crippen molar-refractivity contribution in [2.24, 2.45) is 0 Å². The van der Waals surface area contributed by atoms with Crippen LogP contribution in [0.4, 0.5) is 10.0 Å². The van der Waals surface area contributed by atoms with Gasteiger partial charge in [-0.1, -0.05) is 111 Å². The molecule has 4 N–H and O–H groups in total. The van der Waals surface area contributed by atoms with E-state index < -0.39 is 17.8 Å². The summed E-state index contributed by atoms with van der Waals surface area (Å²) in [4.78, 5) is 51.2. The summed E-state index contributed by atoms with van der Waals surface area (Å²) in [7, 11) is 0. The maximum atomic E-state index is 13.3. The Hall–Kier alpha value is -5.36. The van der Waals surface area contributed by atoms with E-state index >= 15 is 0 Å². The molecule has 0 aliphatic carbocycles. The van der Waals surface area contributed by atoms with Crippen molar-refractivity contribution in [1.82, 2.24) is 0 Å². The summed E-state index contributed by atoms with van der Waals surface area (Å²) in [6, 6.07) is 29.6. The van der Waals surface area contributed by atoms with Gasteiger partial charge in [-0.15, -0.1) is 22.7 Å². The highest BCUT2D eigenvalue weighted by Crippen LogP contribution is 2.39. The maximum absolute atomic E-state index is 13.3. The van der Waals surface area contributed by atoms with Crippen LogP contribution in [0.1, 0.15) is 92.7 Å². The third kappa shape index (κ3) is 8.80. The molecule has 8 nitrogen and oxygen atoms in total. The second kappa shape index (κ2) is 15.8. The molecule has 0 unspecified atom stereocenters. The molecule has 4 aromatic carbocycles. The van der Waals surface area contributed by atoms with E-state index in [9.17, 15) is 29.4 Å². The molecule has 6 aromatic rings. The van der Waals surface area contributed by atoms with Gasteiger partial charge >= 0.3 is 11.9 Å². The Morgan fingerprint density at radius 2 is 1.09 bits per heavy atom. The third-order valence-electron chi connectivity index (χ3n) is 9.44. The van der Waals surface area contributed by atoms with Crippen LogP contribution in [0, 0.1) is 0 Å². The van der Waals surface area contributed by atoms with Crippen molar-refractivity contribution in [2.75, 3.05) is 10.6 Å². The van der Waals surface area contributed by atoms with Crippen molar-refractivity contribution in [3.63, 3.8) is 0 Å². The minimum Gasteiger partial charge on any atom is -0.478 e.